The van der Waals surface area contributed by atoms with Gasteiger partial charge in [-0.25, -0.2) is 13.1 Å². The summed E-state index contributed by atoms with van der Waals surface area (Å²) in [6.45, 7) is 0.539. The van der Waals surface area contributed by atoms with Gasteiger partial charge in [-0.15, -0.1) is 24.2 Å². The van der Waals surface area contributed by atoms with Crippen LogP contribution < -0.4 is 10.5 Å². The quantitative estimate of drug-likeness (QED) is 0.809. The highest BCUT2D eigenvalue weighted by Crippen LogP contribution is 2.28. The predicted molar refractivity (Wildman–Crippen MR) is 86.0 cm³/mol. The van der Waals surface area contributed by atoms with Crippen molar-refractivity contribution in [2.75, 3.05) is 12.8 Å². The van der Waals surface area contributed by atoms with E-state index >= 15 is 0 Å². The summed E-state index contributed by atoms with van der Waals surface area (Å²) in [5, 5.41) is 0. The third kappa shape index (κ3) is 3.89. The molecular weight excluding hydrogens is 316 g/mol. The predicted octanol–water partition coefficient (Wildman–Crippen LogP) is 2.24. The fourth-order valence-electron chi connectivity index (χ4n) is 2.58. The standard InChI is InChI=1S/C13H20N2O2S2.ClH/c1-18-12-7-2-3-8-13(12)19(16,17)15-11-6-4-5-10(11)9-14;/h2-3,7-8,10-11,15H,4-6,9,14H2,1H3;1H. The summed E-state index contributed by atoms with van der Waals surface area (Å²) in [7, 11) is -3.46. The fraction of sp³-hybridized carbons (Fsp3) is 0.538. The Labute approximate surface area is 131 Å². The van der Waals surface area contributed by atoms with Crippen LogP contribution in [0.15, 0.2) is 34.1 Å². The average molecular weight is 337 g/mol. The van der Waals surface area contributed by atoms with Crippen LogP contribution in [0.1, 0.15) is 19.3 Å². The second kappa shape index (κ2) is 7.66. The first-order chi connectivity index (χ1) is 9.08. The molecule has 0 amide bonds. The van der Waals surface area contributed by atoms with Gasteiger partial charge < -0.3 is 5.73 Å². The van der Waals surface area contributed by atoms with Crippen LogP contribution in [0.4, 0.5) is 0 Å². The third-order valence-corrected chi connectivity index (χ3v) is 6.10. The largest absolute Gasteiger partial charge is 0.330 e. The van der Waals surface area contributed by atoms with Gasteiger partial charge in [-0.05, 0) is 43.7 Å². The molecule has 1 saturated carbocycles. The minimum Gasteiger partial charge on any atom is -0.330 e. The lowest BCUT2D eigenvalue weighted by molar-refractivity contribution is 0.452. The second-order valence-corrected chi connectivity index (χ2v) is 7.34. The molecule has 1 aromatic carbocycles. The van der Waals surface area contributed by atoms with E-state index in [1.165, 1.54) is 11.8 Å². The molecule has 0 aromatic heterocycles. The van der Waals surface area contributed by atoms with Crippen molar-refractivity contribution in [3.63, 3.8) is 0 Å². The molecule has 1 fully saturated rings. The van der Waals surface area contributed by atoms with Crippen LogP contribution in [-0.4, -0.2) is 27.3 Å². The first-order valence-corrected chi connectivity index (χ1v) is 9.14. The molecule has 2 unspecified atom stereocenters. The maximum absolute atomic E-state index is 12.5. The molecule has 0 radical (unpaired) electrons. The highest BCUT2D eigenvalue weighted by molar-refractivity contribution is 7.99. The Morgan fingerprint density at radius 1 is 1.35 bits per heavy atom. The zero-order valence-electron chi connectivity index (χ0n) is 11.4. The van der Waals surface area contributed by atoms with Gasteiger partial charge in [0.15, 0.2) is 0 Å². The zero-order chi connectivity index (χ0) is 13.9. The first-order valence-electron chi connectivity index (χ1n) is 6.44. The number of hydrogen-bond donors (Lipinski definition) is 2. The molecule has 3 N–H and O–H groups in total. The normalized spacial score (nSPS) is 22.5. The molecule has 1 aromatic rings. The van der Waals surface area contributed by atoms with E-state index < -0.39 is 10.0 Å². The van der Waals surface area contributed by atoms with Crippen molar-refractivity contribution >= 4 is 34.2 Å². The topological polar surface area (TPSA) is 72.2 Å². The number of hydrogen-bond acceptors (Lipinski definition) is 4. The lowest BCUT2D eigenvalue weighted by Crippen LogP contribution is -2.39. The first kappa shape index (κ1) is 17.8. The molecule has 0 heterocycles. The highest BCUT2D eigenvalue weighted by atomic mass is 35.5. The van der Waals surface area contributed by atoms with E-state index in [0.717, 1.165) is 24.2 Å². The Bertz CT molecular complexity index is 537. The molecule has 0 saturated heterocycles. The molecule has 7 heteroatoms. The van der Waals surface area contributed by atoms with Gasteiger partial charge in [-0.1, -0.05) is 18.6 Å². The SMILES string of the molecule is CSc1ccccc1S(=O)(=O)NC1CCCC1CN.Cl. The molecule has 1 aliphatic rings. The Morgan fingerprint density at radius 3 is 2.70 bits per heavy atom. The summed E-state index contributed by atoms with van der Waals surface area (Å²) in [6.07, 6.45) is 4.81. The molecular formula is C13H21ClN2O2S2. The highest BCUT2D eigenvalue weighted by Gasteiger charge is 2.31. The zero-order valence-corrected chi connectivity index (χ0v) is 13.9. The van der Waals surface area contributed by atoms with Crippen LogP contribution in [0.2, 0.25) is 0 Å². The lowest BCUT2D eigenvalue weighted by Gasteiger charge is -2.20. The second-order valence-electron chi connectivity index (χ2n) is 4.81. The summed E-state index contributed by atoms with van der Waals surface area (Å²) in [4.78, 5) is 1.14. The molecule has 2 atom stereocenters. The van der Waals surface area contributed by atoms with Gasteiger partial charge in [0.05, 0.1) is 4.90 Å². The summed E-state index contributed by atoms with van der Waals surface area (Å²) < 4.78 is 27.8. The number of nitrogens with two attached hydrogens (primary N) is 1. The molecule has 114 valence electrons. The van der Waals surface area contributed by atoms with Crippen molar-refractivity contribution < 1.29 is 8.42 Å². The fourth-order valence-corrected chi connectivity index (χ4v) is 5.07. The van der Waals surface area contributed by atoms with E-state index in [-0.39, 0.29) is 24.4 Å². The number of benzene rings is 1. The Kier molecular flexibility index (Phi) is 6.81. The minimum atomic E-state index is -3.46. The molecule has 0 spiro atoms. The van der Waals surface area contributed by atoms with E-state index in [2.05, 4.69) is 4.72 Å². The van der Waals surface area contributed by atoms with Crippen LogP contribution in [0.25, 0.3) is 0 Å². The lowest BCUT2D eigenvalue weighted by atomic mass is 10.1. The van der Waals surface area contributed by atoms with E-state index in [0.29, 0.717) is 11.4 Å². The van der Waals surface area contributed by atoms with Gasteiger partial charge in [0.1, 0.15) is 0 Å². The van der Waals surface area contributed by atoms with Crippen molar-refractivity contribution in [2.45, 2.75) is 35.1 Å². The molecule has 1 aliphatic carbocycles. The van der Waals surface area contributed by atoms with Crippen LogP contribution in [0.3, 0.4) is 0 Å². The number of sulfonamides is 1. The summed E-state index contributed by atoms with van der Waals surface area (Å²) in [5.74, 6) is 0.260. The molecule has 2 rings (SSSR count). The Hall–Kier alpha value is -0.270. The summed E-state index contributed by atoms with van der Waals surface area (Å²) in [6, 6.07) is 7.06. The smallest absolute Gasteiger partial charge is 0.241 e. The molecule has 4 nitrogen and oxygen atoms in total. The van der Waals surface area contributed by atoms with Crippen molar-refractivity contribution in [3.05, 3.63) is 24.3 Å². The summed E-state index contributed by atoms with van der Waals surface area (Å²) >= 11 is 1.44. The van der Waals surface area contributed by atoms with Gasteiger partial charge in [0, 0.05) is 10.9 Å². The van der Waals surface area contributed by atoms with E-state index in [1.54, 1.807) is 12.1 Å². The van der Waals surface area contributed by atoms with E-state index in [9.17, 15) is 8.42 Å². The van der Waals surface area contributed by atoms with Crippen LogP contribution >= 0.6 is 24.2 Å². The van der Waals surface area contributed by atoms with Crippen molar-refractivity contribution in [1.82, 2.24) is 4.72 Å². The number of thioether (sulfide) groups is 1. The van der Waals surface area contributed by atoms with Gasteiger partial charge in [-0.2, -0.15) is 0 Å². The van der Waals surface area contributed by atoms with Crippen molar-refractivity contribution in [3.8, 4) is 0 Å². The Balaban J connectivity index is 0.00000200. The maximum Gasteiger partial charge on any atom is 0.241 e. The van der Waals surface area contributed by atoms with Gasteiger partial charge in [-0.3, -0.25) is 0 Å². The van der Waals surface area contributed by atoms with Gasteiger partial charge >= 0.3 is 0 Å². The number of rotatable bonds is 5. The minimum absolute atomic E-state index is 0. The molecule has 0 bridgehead atoms. The van der Waals surface area contributed by atoms with Crippen LogP contribution in [0.5, 0.6) is 0 Å². The van der Waals surface area contributed by atoms with E-state index in [4.69, 9.17) is 5.73 Å². The monoisotopic (exact) mass is 336 g/mol. The van der Waals surface area contributed by atoms with Crippen molar-refractivity contribution in [2.24, 2.45) is 11.7 Å². The van der Waals surface area contributed by atoms with E-state index in [1.807, 2.05) is 18.4 Å². The molecule has 20 heavy (non-hydrogen) atoms. The molecule has 0 aliphatic heterocycles. The maximum atomic E-state index is 12.5. The number of nitrogens with one attached hydrogen (secondary N) is 1. The van der Waals surface area contributed by atoms with Gasteiger partial charge in [0.25, 0.3) is 0 Å². The number of halogens is 1. The van der Waals surface area contributed by atoms with Crippen LogP contribution in [0, 0.1) is 5.92 Å². The summed E-state index contributed by atoms with van der Waals surface area (Å²) in [5.41, 5.74) is 5.70. The van der Waals surface area contributed by atoms with Crippen molar-refractivity contribution in [1.29, 1.82) is 0 Å². The Morgan fingerprint density at radius 2 is 2.05 bits per heavy atom. The average Bonchev–Trinajstić information content (AvgIpc) is 2.85. The van der Waals surface area contributed by atoms with Crippen LogP contribution in [-0.2, 0) is 10.0 Å². The van der Waals surface area contributed by atoms with Gasteiger partial charge in [0.2, 0.25) is 10.0 Å². The third-order valence-electron chi connectivity index (χ3n) is 3.63.